The Kier molecular flexibility index (Phi) is 3.11. The maximum atomic E-state index is 6.18. The molecule has 0 amide bonds. The predicted octanol–water partition coefficient (Wildman–Crippen LogP) is 4.88. The minimum absolute atomic E-state index is 0.531. The van der Waals surface area contributed by atoms with Crippen LogP contribution in [0.3, 0.4) is 0 Å². The Morgan fingerprint density at radius 2 is 2.00 bits per heavy atom. The first kappa shape index (κ1) is 13.4. The van der Waals surface area contributed by atoms with E-state index in [1.54, 1.807) is 0 Å². The van der Waals surface area contributed by atoms with E-state index in [4.69, 9.17) is 22.3 Å². The van der Waals surface area contributed by atoms with Crippen LogP contribution >= 0.6 is 34.2 Å². The number of fused-ring (bicyclic) bond motifs is 1. The number of aromatic nitrogens is 2. The van der Waals surface area contributed by atoms with Gasteiger partial charge >= 0.3 is 0 Å². The molecule has 1 aromatic heterocycles. The van der Waals surface area contributed by atoms with Crippen LogP contribution in [0, 0.1) is 3.57 Å². The van der Waals surface area contributed by atoms with Gasteiger partial charge in [-0.15, -0.1) is 0 Å². The summed E-state index contributed by atoms with van der Waals surface area (Å²) in [4.78, 5) is 4.80. The highest BCUT2D eigenvalue weighted by molar-refractivity contribution is 14.1. The topological polar surface area (TPSA) is 43.8 Å². The molecule has 5 heteroatoms. The number of nitrogens with two attached hydrogens (primary N) is 1. The van der Waals surface area contributed by atoms with E-state index < -0.39 is 0 Å². The van der Waals surface area contributed by atoms with Crippen LogP contribution in [-0.4, -0.2) is 9.55 Å². The predicted molar refractivity (Wildman–Crippen MR) is 95.6 cm³/mol. The van der Waals surface area contributed by atoms with Crippen molar-refractivity contribution in [3.63, 3.8) is 0 Å². The zero-order chi connectivity index (χ0) is 14.6. The first-order chi connectivity index (χ1) is 10.1. The second-order valence-electron chi connectivity index (χ2n) is 5.40. The van der Waals surface area contributed by atoms with Crippen molar-refractivity contribution < 1.29 is 0 Å². The van der Waals surface area contributed by atoms with Crippen LogP contribution in [0.1, 0.15) is 18.9 Å². The summed E-state index contributed by atoms with van der Waals surface area (Å²) >= 11 is 8.41. The molecule has 0 spiro atoms. The van der Waals surface area contributed by atoms with Gasteiger partial charge in [-0.1, -0.05) is 11.6 Å². The molecule has 0 atom stereocenters. The van der Waals surface area contributed by atoms with Gasteiger partial charge in [-0.2, -0.15) is 0 Å². The van der Waals surface area contributed by atoms with Gasteiger partial charge in [0, 0.05) is 25.9 Å². The summed E-state index contributed by atoms with van der Waals surface area (Å²) in [5.74, 6) is 0.950. The van der Waals surface area contributed by atoms with Crippen LogP contribution in [-0.2, 0) is 0 Å². The number of anilines is 1. The van der Waals surface area contributed by atoms with Crippen LogP contribution in [0.5, 0.6) is 0 Å². The smallest absolute Gasteiger partial charge is 0.143 e. The molecule has 106 valence electrons. The van der Waals surface area contributed by atoms with Gasteiger partial charge in [-0.05, 0) is 71.8 Å². The average Bonchev–Trinajstić information content (AvgIpc) is 3.22. The molecule has 0 saturated heterocycles. The number of benzene rings is 2. The molecule has 1 heterocycles. The SMILES string of the molecule is Nc1ccc(I)cc1-c1nc2cc(Cl)ccc2n1C1CC1. The van der Waals surface area contributed by atoms with Crippen molar-refractivity contribution in [3.8, 4) is 11.4 Å². The molecule has 2 N–H and O–H groups in total. The Balaban J connectivity index is 2.03. The van der Waals surface area contributed by atoms with Crippen LogP contribution in [0.15, 0.2) is 36.4 Å². The first-order valence-electron chi connectivity index (χ1n) is 6.86. The summed E-state index contributed by atoms with van der Waals surface area (Å²) in [6.45, 7) is 0. The number of hydrogen-bond donors (Lipinski definition) is 1. The van der Waals surface area contributed by atoms with Gasteiger partial charge in [-0.25, -0.2) is 4.98 Å². The minimum Gasteiger partial charge on any atom is -0.398 e. The van der Waals surface area contributed by atoms with Gasteiger partial charge in [0.25, 0.3) is 0 Å². The summed E-state index contributed by atoms with van der Waals surface area (Å²) in [5.41, 5.74) is 10.0. The van der Waals surface area contributed by atoms with Gasteiger partial charge < -0.3 is 10.3 Å². The normalized spacial score (nSPS) is 14.8. The fourth-order valence-electron chi connectivity index (χ4n) is 2.69. The Labute approximate surface area is 141 Å². The van der Waals surface area contributed by atoms with Crippen molar-refractivity contribution >= 4 is 50.9 Å². The third kappa shape index (κ3) is 2.30. The molecule has 4 rings (SSSR count). The Morgan fingerprint density at radius 3 is 2.76 bits per heavy atom. The van der Waals surface area contributed by atoms with Crippen molar-refractivity contribution in [3.05, 3.63) is 45.0 Å². The minimum atomic E-state index is 0.531. The molecule has 3 nitrogen and oxygen atoms in total. The van der Waals surface area contributed by atoms with Crippen molar-refractivity contribution in [2.45, 2.75) is 18.9 Å². The molecule has 1 saturated carbocycles. The van der Waals surface area contributed by atoms with Crippen molar-refractivity contribution in [2.75, 3.05) is 5.73 Å². The second kappa shape index (κ2) is 4.88. The molecule has 1 aliphatic carbocycles. The quantitative estimate of drug-likeness (QED) is 0.484. The lowest BCUT2D eigenvalue weighted by Crippen LogP contribution is -2.00. The molecule has 1 aliphatic rings. The lowest BCUT2D eigenvalue weighted by Gasteiger charge is -2.10. The van der Waals surface area contributed by atoms with Gasteiger partial charge in [0.15, 0.2) is 0 Å². The van der Waals surface area contributed by atoms with E-state index in [1.807, 2.05) is 24.3 Å². The van der Waals surface area contributed by atoms with E-state index in [0.717, 1.165) is 31.7 Å². The van der Waals surface area contributed by atoms with Crippen molar-refractivity contribution in [2.24, 2.45) is 0 Å². The van der Waals surface area contributed by atoms with Crippen LogP contribution in [0.2, 0.25) is 5.02 Å². The average molecular weight is 410 g/mol. The van der Waals surface area contributed by atoms with Crippen LogP contribution < -0.4 is 5.73 Å². The van der Waals surface area contributed by atoms with Crippen LogP contribution in [0.25, 0.3) is 22.4 Å². The van der Waals surface area contributed by atoms with Gasteiger partial charge in [0.1, 0.15) is 5.82 Å². The van der Waals surface area contributed by atoms with E-state index in [-0.39, 0.29) is 0 Å². The summed E-state index contributed by atoms with van der Waals surface area (Å²) in [6, 6.07) is 12.5. The van der Waals surface area contributed by atoms with E-state index in [2.05, 4.69) is 39.3 Å². The number of nitrogen functional groups attached to an aromatic ring is 1. The molecule has 0 aliphatic heterocycles. The fourth-order valence-corrected chi connectivity index (χ4v) is 3.34. The largest absolute Gasteiger partial charge is 0.398 e. The Hall–Kier alpha value is -1.27. The number of imidazole rings is 1. The molecular formula is C16H13ClIN3. The highest BCUT2D eigenvalue weighted by atomic mass is 127. The summed E-state index contributed by atoms with van der Waals surface area (Å²) in [5, 5.41) is 0.713. The van der Waals surface area contributed by atoms with E-state index in [1.165, 1.54) is 12.8 Å². The molecular weight excluding hydrogens is 397 g/mol. The van der Waals surface area contributed by atoms with Crippen LogP contribution in [0.4, 0.5) is 5.69 Å². The first-order valence-corrected chi connectivity index (χ1v) is 8.32. The zero-order valence-electron chi connectivity index (χ0n) is 11.2. The van der Waals surface area contributed by atoms with Crippen molar-refractivity contribution in [1.82, 2.24) is 9.55 Å². The highest BCUT2D eigenvalue weighted by Gasteiger charge is 2.29. The summed E-state index contributed by atoms with van der Waals surface area (Å²) < 4.78 is 3.47. The maximum Gasteiger partial charge on any atom is 0.143 e. The molecule has 1 fully saturated rings. The molecule has 0 bridgehead atoms. The monoisotopic (exact) mass is 409 g/mol. The van der Waals surface area contributed by atoms with E-state index in [0.29, 0.717) is 11.1 Å². The lowest BCUT2D eigenvalue weighted by atomic mass is 10.1. The Bertz CT molecular complexity index is 852. The molecule has 0 unspecified atom stereocenters. The van der Waals surface area contributed by atoms with Crippen molar-refractivity contribution in [1.29, 1.82) is 0 Å². The maximum absolute atomic E-state index is 6.18. The van der Waals surface area contributed by atoms with Gasteiger partial charge in [-0.3, -0.25) is 0 Å². The van der Waals surface area contributed by atoms with E-state index >= 15 is 0 Å². The number of nitrogens with zero attached hydrogens (tertiary/aromatic N) is 2. The lowest BCUT2D eigenvalue weighted by molar-refractivity contribution is 0.775. The standard InChI is InChI=1S/C16H13ClIN3/c17-9-1-6-15-14(7-9)20-16(21(15)11-3-4-11)12-8-10(18)2-5-13(12)19/h1-2,5-8,11H,3-4,19H2. The number of rotatable bonds is 2. The van der Waals surface area contributed by atoms with Gasteiger partial charge in [0.2, 0.25) is 0 Å². The van der Waals surface area contributed by atoms with Gasteiger partial charge in [0.05, 0.1) is 11.0 Å². The number of halogens is 2. The second-order valence-corrected chi connectivity index (χ2v) is 7.08. The molecule has 21 heavy (non-hydrogen) atoms. The third-order valence-corrected chi connectivity index (χ3v) is 4.73. The Morgan fingerprint density at radius 1 is 1.19 bits per heavy atom. The number of hydrogen-bond acceptors (Lipinski definition) is 2. The fraction of sp³-hybridized carbons (Fsp3) is 0.188. The zero-order valence-corrected chi connectivity index (χ0v) is 14.1. The summed E-state index contributed by atoms with van der Waals surface area (Å²) in [7, 11) is 0. The van der Waals surface area contributed by atoms with E-state index in [9.17, 15) is 0 Å². The molecule has 3 aromatic rings. The summed E-state index contributed by atoms with van der Waals surface area (Å²) in [6.07, 6.45) is 2.40. The third-order valence-electron chi connectivity index (χ3n) is 3.82. The molecule has 0 radical (unpaired) electrons. The highest BCUT2D eigenvalue weighted by Crippen LogP contribution is 2.42. The molecule has 2 aromatic carbocycles.